The molecule has 1 N–H and O–H groups in total. The summed E-state index contributed by atoms with van der Waals surface area (Å²) in [5.74, 6) is 3.58. The summed E-state index contributed by atoms with van der Waals surface area (Å²) < 4.78 is 6.42. The molecule has 0 amide bonds. The summed E-state index contributed by atoms with van der Waals surface area (Å²) in [5.41, 5.74) is 1.44. The van der Waals surface area contributed by atoms with Gasteiger partial charge in [-0.3, -0.25) is 0 Å². The zero-order chi connectivity index (χ0) is 13.1. The first-order valence-electron chi connectivity index (χ1n) is 7.42. The first kappa shape index (κ1) is 13.3. The van der Waals surface area contributed by atoms with Crippen molar-refractivity contribution >= 4 is 11.8 Å². The van der Waals surface area contributed by atoms with Gasteiger partial charge >= 0.3 is 0 Å². The fourth-order valence-electron chi connectivity index (χ4n) is 3.17. The summed E-state index contributed by atoms with van der Waals surface area (Å²) in [4.78, 5) is 0. The van der Waals surface area contributed by atoms with Crippen molar-refractivity contribution in [1.82, 2.24) is 5.32 Å². The third kappa shape index (κ3) is 2.77. The number of para-hydroxylation sites is 1. The Kier molecular flexibility index (Phi) is 4.04. The van der Waals surface area contributed by atoms with Crippen molar-refractivity contribution in [3.8, 4) is 5.75 Å². The SMILES string of the molecule is CCCNC1CC2(CCSCC2)Oc2ccccc21. The van der Waals surface area contributed by atoms with Crippen LogP contribution >= 0.6 is 11.8 Å². The van der Waals surface area contributed by atoms with E-state index in [9.17, 15) is 0 Å². The fourth-order valence-corrected chi connectivity index (χ4v) is 4.41. The minimum absolute atomic E-state index is 0.0883. The summed E-state index contributed by atoms with van der Waals surface area (Å²) in [7, 11) is 0. The summed E-state index contributed by atoms with van der Waals surface area (Å²) in [6, 6.07) is 9.03. The van der Waals surface area contributed by atoms with Gasteiger partial charge in [0, 0.05) is 18.0 Å². The molecule has 1 fully saturated rings. The highest BCUT2D eigenvalue weighted by atomic mass is 32.2. The molecular weight excluding hydrogens is 254 g/mol. The smallest absolute Gasteiger partial charge is 0.124 e. The topological polar surface area (TPSA) is 21.3 Å². The zero-order valence-corrected chi connectivity index (χ0v) is 12.5. The van der Waals surface area contributed by atoms with Crippen LogP contribution in [-0.4, -0.2) is 23.7 Å². The van der Waals surface area contributed by atoms with E-state index in [4.69, 9.17) is 4.74 Å². The predicted molar refractivity (Wildman–Crippen MR) is 82.0 cm³/mol. The minimum atomic E-state index is 0.0883. The second-order valence-corrected chi connectivity index (χ2v) is 6.87. The molecule has 3 heteroatoms. The monoisotopic (exact) mass is 277 g/mol. The normalized spacial score (nSPS) is 24.8. The largest absolute Gasteiger partial charge is 0.487 e. The summed E-state index contributed by atoms with van der Waals surface area (Å²) >= 11 is 2.06. The van der Waals surface area contributed by atoms with E-state index in [1.807, 2.05) is 0 Å². The van der Waals surface area contributed by atoms with E-state index >= 15 is 0 Å². The molecule has 0 radical (unpaired) electrons. The van der Waals surface area contributed by atoms with Crippen molar-refractivity contribution in [3.63, 3.8) is 0 Å². The summed E-state index contributed by atoms with van der Waals surface area (Å²) in [5, 5.41) is 3.71. The first-order chi connectivity index (χ1) is 9.33. The summed E-state index contributed by atoms with van der Waals surface area (Å²) in [6.07, 6.45) is 4.69. The Morgan fingerprint density at radius 2 is 2.11 bits per heavy atom. The molecule has 2 aliphatic heterocycles. The lowest BCUT2D eigenvalue weighted by molar-refractivity contribution is 0.0226. The van der Waals surface area contributed by atoms with Crippen molar-refractivity contribution in [2.75, 3.05) is 18.1 Å². The van der Waals surface area contributed by atoms with Gasteiger partial charge in [-0.15, -0.1) is 0 Å². The van der Waals surface area contributed by atoms with Crippen LogP contribution in [0.15, 0.2) is 24.3 Å². The van der Waals surface area contributed by atoms with Crippen molar-refractivity contribution in [1.29, 1.82) is 0 Å². The Labute approximate surface area is 120 Å². The second-order valence-electron chi connectivity index (χ2n) is 5.65. The molecule has 2 aliphatic rings. The number of nitrogens with one attached hydrogen (secondary N) is 1. The fraction of sp³-hybridized carbons (Fsp3) is 0.625. The van der Waals surface area contributed by atoms with Crippen molar-refractivity contribution in [2.24, 2.45) is 0 Å². The van der Waals surface area contributed by atoms with Gasteiger partial charge in [-0.2, -0.15) is 11.8 Å². The maximum atomic E-state index is 6.42. The van der Waals surface area contributed by atoms with Crippen molar-refractivity contribution in [2.45, 2.75) is 44.2 Å². The lowest BCUT2D eigenvalue weighted by Crippen LogP contribution is -2.46. The van der Waals surface area contributed by atoms with Crippen LogP contribution in [0.3, 0.4) is 0 Å². The van der Waals surface area contributed by atoms with Gasteiger partial charge < -0.3 is 10.1 Å². The first-order valence-corrected chi connectivity index (χ1v) is 8.57. The van der Waals surface area contributed by atoms with Gasteiger partial charge in [-0.1, -0.05) is 25.1 Å². The Morgan fingerprint density at radius 1 is 1.32 bits per heavy atom. The lowest BCUT2D eigenvalue weighted by atomic mass is 9.83. The maximum absolute atomic E-state index is 6.42. The van der Waals surface area contributed by atoms with Crippen LogP contribution in [0.25, 0.3) is 0 Å². The predicted octanol–water partition coefficient (Wildman–Crippen LogP) is 3.78. The van der Waals surface area contributed by atoms with Crippen molar-refractivity contribution in [3.05, 3.63) is 29.8 Å². The Morgan fingerprint density at radius 3 is 2.89 bits per heavy atom. The Bertz CT molecular complexity index is 429. The molecule has 2 nitrogen and oxygen atoms in total. The van der Waals surface area contributed by atoms with Gasteiger partial charge in [0.15, 0.2) is 0 Å². The van der Waals surface area contributed by atoms with Crippen molar-refractivity contribution < 1.29 is 4.74 Å². The molecule has 1 aromatic carbocycles. The molecule has 1 saturated heterocycles. The van der Waals surface area contributed by atoms with E-state index < -0.39 is 0 Å². The van der Waals surface area contributed by atoms with E-state index in [1.165, 1.54) is 36.3 Å². The average molecular weight is 277 g/mol. The van der Waals surface area contributed by atoms with Gasteiger partial charge in [0.2, 0.25) is 0 Å². The number of ether oxygens (including phenoxy) is 1. The van der Waals surface area contributed by atoms with Crippen LogP contribution in [0, 0.1) is 0 Å². The number of benzene rings is 1. The number of hydrogen-bond donors (Lipinski definition) is 1. The highest BCUT2D eigenvalue weighted by Gasteiger charge is 2.41. The Hall–Kier alpha value is -0.670. The summed E-state index contributed by atoms with van der Waals surface area (Å²) in [6.45, 7) is 3.31. The molecule has 2 heterocycles. The molecule has 104 valence electrons. The van der Waals surface area contributed by atoms with Crippen LogP contribution < -0.4 is 10.1 Å². The van der Waals surface area contributed by atoms with Gasteiger partial charge in [0.25, 0.3) is 0 Å². The molecular formula is C16H23NOS. The number of fused-ring (bicyclic) bond motifs is 1. The van der Waals surface area contributed by atoms with Crippen LogP contribution in [0.4, 0.5) is 0 Å². The number of hydrogen-bond acceptors (Lipinski definition) is 3. The molecule has 1 spiro atoms. The Balaban J connectivity index is 1.86. The van der Waals surface area contributed by atoms with Crippen LogP contribution in [0.1, 0.15) is 44.2 Å². The molecule has 1 unspecified atom stereocenters. The van der Waals surface area contributed by atoms with Crippen LogP contribution in [0.2, 0.25) is 0 Å². The highest BCUT2D eigenvalue weighted by molar-refractivity contribution is 7.99. The molecule has 19 heavy (non-hydrogen) atoms. The molecule has 1 atom stereocenters. The highest BCUT2D eigenvalue weighted by Crippen LogP contribution is 2.45. The second kappa shape index (κ2) is 5.76. The van der Waals surface area contributed by atoms with Gasteiger partial charge in [0.1, 0.15) is 11.4 Å². The molecule has 0 aliphatic carbocycles. The van der Waals surface area contributed by atoms with E-state index in [-0.39, 0.29) is 5.60 Å². The molecule has 0 saturated carbocycles. The van der Waals surface area contributed by atoms with Gasteiger partial charge in [-0.25, -0.2) is 0 Å². The zero-order valence-electron chi connectivity index (χ0n) is 11.7. The quantitative estimate of drug-likeness (QED) is 0.908. The maximum Gasteiger partial charge on any atom is 0.124 e. The molecule has 0 aromatic heterocycles. The third-order valence-electron chi connectivity index (χ3n) is 4.24. The van der Waals surface area contributed by atoms with Gasteiger partial charge in [0.05, 0.1) is 0 Å². The van der Waals surface area contributed by atoms with Gasteiger partial charge in [-0.05, 0) is 43.4 Å². The molecule has 1 aromatic rings. The number of thioether (sulfide) groups is 1. The van der Waals surface area contributed by atoms with Crippen LogP contribution in [0.5, 0.6) is 5.75 Å². The molecule has 0 bridgehead atoms. The molecule has 3 rings (SSSR count). The minimum Gasteiger partial charge on any atom is -0.487 e. The van der Waals surface area contributed by atoms with E-state index in [0.717, 1.165) is 18.7 Å². The van der Waals surface area contributed by atoms with Crippen LogP contribution in [-0.2, 0) is 0 Å². The van der Waals surface area contributed by atoms with E-state index in [1.54, 1.807) is 0 Å². The van der Waals surface area contributed by atoms with E-state index in [0.29, 0.717) is 6.04 Å². The number of rotatable bonds is 3. The lowest BCUT2D eigenvalue weighted by Gasteiger charge is -2.44. The van der Waals surface area contributed by atoms with E-state index in [2.05, 4.69) is 48.3 Å². The third-order valence-corrected chi connectivity index (χ3v) is 5.23. The standard InChI is InChI=1S/C16H23NOS/c1-2-9-17-14-12-16(7-10-19-11-8-16)18-15-6-4-3-5-13(14)15/h3-6,14,17H,2,7-12H2,1H3. The average Bonchev–Trinajstić information content (AvgIpc) is 2.45.